The standard InChI is InChI=1S/C15H17Cl2NS/c1-2-6-18-15(11-5-7-19-10-11)9-12-8-13(16)3-4-14(12)17/h3-5,7-8,10,15,18H,2,6,9H2,1H3. The van der Waals surface area contributed by atoms with Gasteiger partial charge in [-0.3, -0.25) is 0 Å². The Kier molecular flexibility index (Phi) is 5.71. The van der Waals surface area contributed by atoms with Crippen molar-refractivity contribution >= 4 is 34.5 Å². The summed E-state index contributed by atoms with van der Waals surface area (Å²) < 4.78 is 0. The van der Waals surface area contributed by atoms with E-state index in [0.29, 0.717) is 6.04 Å². The summed E-state index contributed by atoms with van der Waals surface area (Å²) in [6.07, 6.45) is 1.97. The lowest BCUT2D eigenvalue weighted by Gasteiger charge is -2.18. The molecule has 2 aromatic rings. The summed E-state index contributed by atoms with van der Waals surface area (Å²) in [5.41, 5.74) is 2.41. The van der Waals surface area contributed by atoms with Crippen LogP contribution in [0.3, 0.4) is 0 Å². The summed E-state index contributed by atoms with van der Waals surface area (Å²) in [5, 5.41) is 9.38. The lowest BCUT2D eigenvalue weighted by Crippen LogP contribution is -2.23. The van der Waals surface area contributed by atoms with Crippen LogP contribution < -0.4 is 5.32 Å². The van der Waals surface area contributed by atoms with Crippen molar-refractivity contribution in [3.05, 3.63) is 56.2 Å². The lowest BCUT2D eigenvalue weighted by atomic mass is 10.0. The number of hydrogen-bond acceptors (Lipinski definition) is 2. The molecule has 1 aromatic heterocycles. The normalized spacial score (nSPS) is 12.6. The Balaban J connectivity index is 2.17. The van der Waals surface area contributed by atoms with Crippen LogP contribution in [0.4, 0.5) is 0 Å². The molecule has 0 saturated carbocycles. The van der Waals surface area contributed by atoms with Gasteiger partial charge in [-0.1, -0.05) is 30.1 Å². The first-order valence-corrected chi connectivity index (χ1v) is 8.10. The number of nitrogens with one attached hydrogen (secondary N) is 1. The SMILES string of the molecule is CCCNC(Cc1cc(Cl)ccc1Cl)c1ccsc1. The van der Waals surface area contributed by atoms with Gasteiger partial charge in [0.2, 0.25) is 0 Å². The van der Waals surface area contributed by atoms with Gasteiger partial charge in [-0.05, 0) is 65.5 Å². The van der Waals surface area contributed by atoms with Crippen molar-refractivity contribution in [2.75, 3.05) is 6.54 Å². The quantitative estimate of drug-likeness (QED) is 0.759. The van der Waals surface area contributed by atoms with Crippen LogP contribution in [-0.2, 0) is 6.42 Å². The van der Waals surface area contributed by atoms with E-state index < -0.39 is 0 Å². The first-order chi connectivity index (χ1) is 9.20. The van der Waals surface area contributed by atoms with Gasteiger partial charge in [0.25, 0.3) is 0 Å². The highest BCUT2D eigenvalue weighted by molar-refractivity contribution is 7.07. The summed E-state index contributed by atoms with van der Waals surface area (Å²) >= 11 is 14.0. The number of halogens is 2. The second kappa shape index (κ2) is 7.30. The van der Waals surface area contributed by atoms with E-state index in [1.165, 1.54) is 5.56 Å². The van der Waals surface area contributed by atoms with Crippen molar-refractivity contribution in [3.63, 3.8) is 0 Å². The number of rotatable bonds is 6. The minimum atomic E-state index is 0.294. The Labute approximate surface area is 128 Å². The summed E-state index contributed by atoms with van der Waals surface area (Å²) in [6, 6.07) is 8.10. The first-order valence-electron chi connectivity index (χ1n) is 6.40. The molecule has 1 unspecified atom stereocenters. The molecule has 1 heterocycles. The molecule has 19 heavy (non-hydrogen) atoms. The second-order valence-corrected chi connectivity index (χ2v) is 6.13. The molecule has 0 spiro atoms. The van der Waals surface area contributed by atoms with Crippen LogP contribution in [0, 0.1) is 0 Å². The van der Waals surface area contributed by atoms with Crippen molar-refractivity contribution in [2.45, 2.75) is 25.8 Å². The molecule has 0 bridgehead atoms. The molecular formula is C15H17Cl2NS. The van der Waals surface area contributed by atoms with Crippen LogP contribution in [0.1, 0.15) is 30.5 Å². The summed E-state index contributed by atoms with van der Waals surface area (Å²) in [5.74, 6) is 0. The molecular weight excluding hydrogens is 297 g/mol. The van der Waals surface area contributed by atoms with Crippen molar-refractivity contribution < 1.29 is 0 Å². The monoisotopic (exact) mass is 313 g/mol. The van der Waals surface area contributed by atoms with E-state index in [2.05, 4.69) is 29.1 Å². The Morgan fingerprint density at radius 2 is 2.11 bits per heavy atom. The van der Waals surface area contributed by atoms with Gasteiger partial charge in [0.1, 0.15) is 0 Å². The summed E-state index contributed by atoms with van der Waals surface area (Å²) in [4.78, 5) is 0. The van der Waals surface area contributed by atoms with Crippen molar-refractivity contribution in [1.82, 2.24) is 5.32 Å². The average Bonchev–Trinajstić information content (AvgIpc) is 2.92. The molecule has 0 aliphatic heterocycles. The van der Waals surface area contributed by atoms with Gasteiger partial charge >= 0.3 is 0 Å². The molecule has 0 fully saturated rings. The predicted octanol–water partition coefficient (Wildman–Crippen LogP) is 5.34. The van der Waals surface area contributed by atoms with Crippen LogP contribution in [-0.4, -0.2) is 6.54 Å². The van der Waals surface area contributed by atoms with Crippen LogP contribution in [0.15, 0.2) is 35.0 Å². The fourth-order valence-electron chi connectivity index (χ4n) is 2.02. The maximum absolute atomic E-state index is 6.25. The van der Waals surface area contributed by atoms with E-state index in [0.717, 1.165) is 35.0 Å². The Morgan fingerprint density at radius 1 is 1.26 bits per heavy atom. The molecule has 0 amide bonds. The first kappa shape index (κ1) is 14.9. The molecule has 4 heteroatoms. The third kappa shape index (κ3) is 4.22. The van der Waals surface area contributed by atoms with Gasteiger partial charge in [-0.25, -0.2) is 0 Å². The van der Waals surface area contributed by atoms with E-state index in [-0.39, 0.29) is 0 Å². The predicted molar refractivity (Wildman–Crippen MR) is 85.5 cm³/mol. The fraction of sp³-hybridized carbons (Fsp3) is 0.333. The molecule has 0 saturated heterocycles. The molecule has 1 atom stereocenters. The molecule has 1 nitrogen and oxygen atoms in total. The lowest BCUT2D eigenvalue weighted by molar-refractivity contribution is 0.530. The third-order valence-corrected chi connectivity index (χ3v) is 4.32. The zero-order chi connectivity index (χ0) is 13.7. The average molecular weight is 314 g/mol. The number of hydrogen-bond donors (Lipinski definition) is 1. The smallest absolute Gasteiger partial charge is 0.0439 e. The topological polar surface area (TPSA) is 12.0 Å². The Bertz CT molecular complexity index is 511. The molecule has 1 aromatic carbocycles. The van der Waals surface area contributed by atoms with Crippen LogP contribution in [0.2, 0.25) is 10.0 Å². The fourth-order valence-corrected chi connectivity index (χ4v) is 3.12. The van der Waals surface area contributed by atoms with Crippen LogP contribution in [0.5, 0.6) is 0 Å². The van der Waals surface area contributed by atoms with Crippen LogP contribution >= 0.6 is 34.5 Å². The highest BCUT2D eigenvalue weighted by atomic mass is 35.5. The molecule has 0 aliphatic rings. The van der Waals surface area contributed by atoms with E-state index >= 15 is 0 Å². The van der Waals surface area contributed by atoms with E-state index in [4.69, 9.17) is 23.2 Å². The maximum Gasteiger partial charge on any atom is 0.0439 e. The second-order valence-electron chi connectivity index (χ2n) is 4.50. The van der Waals surface area contributed by atoms with Gasteiger partial charge in [0.15, 0.2) is 0 Å². The van der Waals surface area contributed by atoms with Gasteiger partial charge in [0.05, 0.1) is 0 Å². The van der Waals surface area contributed by atoms with Crippen LogP contribution in [0.25, 0.3) is 0 Å². The molecule has 102 valence electrons. The molecule has 1 N–H and O–H groups in total. The van der Waals surface area contributed by atoms with Gasteiger partial charge in [0, 0.05) is 16.1 Å². The van der Waals surface area contributed by atoms with E-state index in [1.54, 1.807) is 11.3 Å². The minimum absolute atomic E-state index is 0.294. The van der Waals surface area contributed by atoms with Crippen molar-refractivity contribution in [2.24, 2.45) is 0 Å². The molecule has 0 aliphatic carbocycles. The summed E-state index contributed by atoms with van der Waals surface area (Å²) in [6.45, 7) is 3.17. The minimum Gasteiger partial charge on any atom is -0.310 e. The Morgan fingerprint density at radius 3 is 2.79 bits per heavy atom. The van der Waals surface area contributed by atoms with Gasteiger partial charge < -0.3 is 5.32 Å². The maximum atomic E-state index is 6.25. The number of thiophene rings is 1. The van der Waals surface area contributed by atoms with Crippen molar-refractivity contribution in [1.29, 1.82) is 0 Å². The third-order valence-electron chi connectivity index (χ3n) is 3.02. The molecule has 0 radical (unpaired) electrons. The molecule has 2 rings (SSSR count). The van der Waals surface area contributed by atoms with Crippen molar-refractivity contribution in [3.8, 4) is 0 Å². The highest BCUT2D eigenvalue weighted by Gasteiger charge is 2.14. The summed E-state index contributed by atoms with van der Waals surface area (Å²) in [7, 11) is 0. The van der Waals surface area contributed by atoms with E-state index in [9.17, 15) is 0 Å². The largest absolute Gasteiger partial charge is 0.310 e. The highest BCUT2D eigenvalue weighted by Crippen LogP contribution is 2.27. The van der Waals surface area contributed by atoms with Gasteiger partial charge in [-0.2, -0.15) is 11.3 Å². The van der Waals surface area contributed by atoms with Gasteiger partial charge in [-0.15, -0.1) is 0 Å². The zero-order valence-corrected chi connectivity index (χ0v) is 13.2. The Hall–Kier alpha value is -0.540. The van der Waals surface area contributed by atoms with E-state index in [1.807, 2.05) is 18.2 Å². The zero-order valence-electron chi connectivity index (χ0n) is 10.8. The number of benzene rings is 1.